The molecule has 0 spiro atoms. The summed E-state index contributed by atoms with van der Waals surface area (Å²) >= 11 is 0. The van der Waals surface area contributed by atoms with E-state index in [-0.39, 0.29) is 12.1 Å². The van der Waals surface area contributed by atoms with E-state index in [0.717, 1.165) is 29.2 Å². The highest BCUT2D eigenvalue weighted by Crippen LogP contribution is 2.34. The van der Waals surface area contributed by atoms with Gasteiger partial charge in [-0.15, -0.1) is 0 Å². The minimum absolute atomic E-state index is 0.0110. The third-order valence-corrected chi connectivity index (χ3v) is 6.30. The smallest absolute Gasteiger partial charge is 0.137 e. The minimum Gasteiger partial charge on any atom is -0.381 e. The molecule has 0 saturated carbocycles. The van der Waals surface area contributed by atoms with Crippen molar-refractivity contribution in [2.75, 3.05) is 6.54 Å². The van der Waals surface area contributed by atoms with Crippen molar-refractivity contribution in [3.05, 3.63) is 84.6 Å². The summed E-state index contributed by atoms with van der Waals surface area (Å²) in [7, 11) is 0. The second kappa shape index (κ2) is 8.45. The highest BCUT2D eigenvalue weighted by atomic mass is 19.1. The van der Waals surface area contributed by atoms with Crippen molar-refractivity contribution in [1.82, 2.24) is 34.2 Å². The van der Waals surface area contributed by atoms with Gasteiger partial charge in [0.15, 0.2) is 0 Å². The average molecular weight is 451 g/mol. The van der Waals surface area contributed by atoms with Crippen LogP contribution in [0.1, 0.15) is 18.3 Å². The Kier molecular flexibility index (Phi) is 5.47. The number of hydrogen-bond donors (Lipinski definition) is 1. The summed E-state index contributed by atoms with van der Waals surface area (Å²) in [6.07, 6.45) is 8.29. The largest absolute Gasteiger partial charge is 0.381 e. The van der Waals surface area contributed by atoms with E-state index in [1.807, 2.05) is 25.3 Å². The lowest BCUT2D eigenvalue weighted by Gasteiger charge is -2.42. The number of imidazole rings is 1. The Labute approximate surface area is 189 Å². The standard InChI is InChI=1S/C23H23F2N7O/c1-16(23(33,13-32-15-27-14-28-32)19-5-4-18(24)9-20(19)25)30-7-8-31-11-21(29-22(31)12-30)17-3-2-6-26-10-17/h2-6,9-11,14-16,33H,7-8,12-13H2,1H3. The van der Waals surface area contributed by atoms with Gasteiger partial charge >= 0.3 is 0 Å². The predicted molar refractivity (Wildman–Crippen MR) is 116 cm³/mol. The van der Waals surface area contributed by atoms with E-state index >= 15 is 0 Å². The van der Waals surface area contributed by atoms with Crippen molar-refractivity contribution in [1.29, 1.82) is 0 Å². The molecule has 33 heavy (non-hydrogen) atoms. The topological polar surface area (TPSA) is 84.9 Å². The number of halogens is 2. The van der Waals surface area contributed by atoms with Gasteiger partial charge in [-0.1, -0.05) is 6.07 Å². The van der Waals surface area contributed by atoms with Gasteiger partial charge in [-0.3, -0.25) is 9.88 Å². The fourth-order valence-corrected chi connectivity index (χ4v) is 4.40. The molecule has 10 heteroatoms. The lowest BCUT2D eigenvalue weighted by molar-refractivity contribution is -0.0709. The molecular weight excluding hydrogens is 428 g/mol. The molecule has 1 aromatic carbocycles. The van der Waals surface area contributed by atoms with E-state index in [1.165, 1.54) is 23.4 Å². The molecule has 8 nitrogen and oxygen atoms in total. The van der Waals surface area contributed by atoms with Crippen LogP contribution in [0.5, 0.6) is 0 Å². The summed E-state index contributed by atoms with van der Waals surface area (Å²) in [6, 6.07) is 6.52. The van der Waals surface area contributed by atoms with Crippen LogP contribution in [0.3, 0.4) is 0 Å². The van der Waals surface area contributed by atoms with Gasteiger partial charge in [-0.05, 0) is 25.1 Å². The normalized spacial score (nSPS) is 16.8. The van der Waals surface area contributed by atoms with Crippen molar-refractivity contribution < 1.29 is 13.9 Å². The van der Waals surface area contributed by atoms with E-state index < -0.39 is 23.3 Å². The maximum absolute atomic E-state index is 14.8. The van der Waals surface area contributed by atoms with Crippen LogP contribution in [-0.2, 0) is 25.2 Å². The third-order valence-electron chi connectivity index (χ3n) is 6.30. The number of fused-ring (bicyclic) bond motifs is 1. The summed E-state index contributed by atoms with van der Waals surface area (Å²) in [5.74, 6) is -0.661. The van der Waals surface area contributed by atoms with Crippen LogP contribution >= 0.6 is 0 Å². The Morgan fingerprint density at radius 3 is 2.79 bits per heavy atom. The second-order valence-electron chi connectivity index (χ2n) is 8.27. The molecule has 1 N–H and O–H groups in total. The number of aliphatic hydroxyl groups is 1. The van der Waals surface area contributed by atoms with Gasteiger partial charge in [-0.25, -0.2) is 23.4 Å². The average Bonchev–Trinajstić information content (AvgIpc) is 3.48. The molecule has 1 aliphatic heterocycles. The van der Waals surface area contributed by atoms with Crippen molar-refractivity contribution in [3.8, 4) is 11.3 Å². The van der Waals surface area contributed by atoms with E-state index in [0.29, 0.717) is 19.6 Å². The molecule has 2 atom stereocenters. The Hall–Kier alpha value is -3.50. The summed E-state index contributed by atoms with van der Waals surface area (Å²) in [5.41, 5.74) is 0.0777. The van der Waals surface area contributed by atoms with Crippen LogP contribution in [-0.4, -0.2) is 51.9 Å². The van der Waals surface area contributed by atoms with Gasteiger partial charge in [0.25, 0.3) is 0 Å². The van der Waals surface area contributed by atoms with Gasteiger partial charge in [0.2, 0.25) is 0 Å². The van der Waals surface area contributed by atoms with Crippen LogP contribution in [0.4, 0.5) is 8.78 Å². The number of aromatic nitrogens is 6. The van der Waals surface area contributed by atoms with E-state index in [9.17, 15) is 13.9 Å². The summed E-state index contributed by atoms with van der Waals surface area (Å²) < 4.78 is 32.0. The summed E-state index contributed by atoms with van der Waals surface area (Å²) in [6.45, 7) is 3.55. The van der Waals surface area contributed by atoms with Crippen LogP contribution in [0, 0.1) is 11.6 Å². The summed E-state index contributed by atoms with van der Waals surface area (Å²) in [5, 5.41) is 15.9. The first kappa shape index (κ1) is 21.4. The molecule has 3 aromatic heterocycles. The predicted octanol–water partition coefficient (Wildman–Crippen LogP) is 2.61. The van der Waals surface area contributed by atoms with Crippen molar-refractivity contribution in [3.63, 3.8) is 0 Å². The van der Waals surface area contributed by atoms with Crippen molar-refractivity contribution in [2.45, 2.75) is 38.2 Å². The van der Waals surface area contributed by atoms with Crippen molar-refractivity contribution in [2.24, 2.45) is 0 Å². The molecule has 4 aromatic rings. The minimum atomic E-state index is -1.69. The van der Waals surface area contributed by atoms with Crippen LogP contribution in [0.25, 0.3) is 11.3 Å². The first-order valence-corrected chi connectivity index (χ1v) is 10.6. The molecule has 5 rings (SSSR count). The Balaban J connectivity index is 1.46. The van der Waals surface area contributed by atoms with Gasteiger partial charge < -0.3 is 9.67 Å². The zero-order chi connectivity index (χ0) is 23.0. The van der Waals surface area contributed by atoms with Gasteiger partial charge in [0.1, 0.15) is 35.7 Å². The van der Waals surface area contributed by atoms with Crippen LogP contribution in [0.2, 0.25) is 0 Å². The first-order chi connectivity index (χ1) is 15.9. The molecular formula is C23H23F2N7O. The van der Waals surface area contributed by atoms with Gasteiger partial charge in [0, 0.05) is 54.9 Å². The SMILES string of the molecule is CC(N1CCn2cc(-c3cccnc3)nc2C1)C(O)(Cn1cncn1)c1ccc(F)cc1F. The first-order valence-electron chi connectivity index (χ1n) is 10.6. The fourth-order valence-electron chi connectivity index (χ4n) is 4.40. The Bertz CT molecular complexity index is 1250. The molecule has 0 fully saturated rings. The molecule has 170 valence electrons. The highest BCUT2D eigenvalue weighted by Gasteiger charge is 2.43. The number of hydrogen-bond acceptors (Lipinski definition) is 6. The number of nitrogens with zero attached hydrogens (tertiary/aromatic N) is 7. The monoisotopic (exact) mass is 451 g/mol. The number of benzene rings is 1. The number of pyridine rings is 1. The Morgan fingerprint density at radius 1 is 1.18 bits per heavy atom. The van der Waals surface area contributed by atoms with E-state index in [2.05, 4.69) is 24.5 Å². The van der Waals surface area contributed by atoms with Crippen LogP contribution in [0.15, 0.2) is 61.6 Å². The van der Waals surface area contributed by atoms with E-state index in [1.54, 1.807) is 12.4 Å². The molecule has 2 unspecified atom stereocenters. The van der Waals surface area contributed by atoms with Gasteiger partial charge in [0.05, 0.1) is 18.8 Å². The summed E-state index contributed by atoms with van der Waals surface area (Å²) in [4.78, 5) is 14.9. The fraction of sp³-hybridized carbons (Fsp3) is 0.304. The lowest BCUT2D eigenvalue weighted by atomic mass is 9.85. The molecule has 1 aliphatic rings. The quantitative estimate of drug-likeness (QED) is 0.485. The molecule has 0 aliphatic carbocycles. The molecule has 0 saturated heterocycles. The Morgan fingerprint density at radius 2 is 2.06 bits per heavy atom. The maximum Gasteiger partial charge on any atom is 0.137 e. The highest BCUT2D eigenvalue weighted by molar-refractivity contribution is 5.57. The molecule has 4 heterocycles. The molecule has 0 amide bonds. The third kappa shape index (κ3) is 4.03. The second-order valence-corrected chi connectivity index (χ2v) is 8.27. The van der Waals surface area contributed by atoms with E-state index in [4.69, 9.17) is 4.98 Å². The lowest BCUT2D eigenvalue weighted by Crippen LogP contribution is -2.53. The van der Waals surface area contributed by atoms with Gasteiger partial charge in [-0.2, -0.15) is 5.10 Å². The zero-order valence-electron chi connectivity index (χ0n) is 18.0. The zero-order valence-corrected chi connectivity index (χ0v) is 18.0. The van der Waals surface area contributed by atoms with Crippen molar-refractivity contribution >= 4 is 0 Å². The number of rotatable bonds is 6. The maximum atomic E-state index is 14.8. The molecule has 0 radical (unpaired) electrons. The molecule has 0 bridgehead atoms. The van der Waals surface area contributed by atoms with Crippen LogP contribution < -0.4 is 0 Å².